The van der Waals surface area contributed by atoms with Gasteiger partial charge in [0.05, 0.1) is 12.3 Å². The lowest BCUT2D eigenvalue weighted by Gasteiger charge is -2.16. The Hall–Kier alpha value is -2.92. The molecule has 0 unspecified atom stereocenters. The van der Waals surface area contributed by atoms with Gasteiger partial charge < -0.3 is 15.4 Å². The molecule has 1 saturated carbocycles. The largest absolute Gasteiger partial charge is 0.492 e. The second-order valence-corrected chi connectivity index (χ2v) is 9.25. The molecule has 0 saturated heterocycles. The number of Topliss-reactive ketones (excluding diaryl/α,β-unsaturated/α-hetero) is 1. The molecule has 1 atom stereocenters. The number of benzene rings is 1. The predicted octanol–water partition coefficient (Wildman–Crippen LogP) is 5.62. The summed E-state index contributed by atoms with van der Waals surface area (Å²) in [6.07, 6.45) is 9.13. The van der Waals surface area contributed by atoms with E-state index in [2.05, 4.69) is 47.9 Å². The molecule has 1 aromatic heterocycles. The van der Waals surface area contributed by atoms with Gasteiger partial charge in [-0.2, -0.15) is 0 Å². The molecule has 32 heavy (non-hydrogen) atoms. The van der Waals surface area contributed by atoms with Crippen LogP contribution in [0.1, 0.15) is 61.1 Å². The van der Waals surface area contributed by atoms with Gasteiger partial charge >= 0.3 is 0 Å². The Labute approximate surface area is 190 Å². The van der Waals surface area contributed by atoms with E-state index in [4.69, 9.17) is 9.72 Å². The summed E-state index contributed by atoms with van der Waals surface area (Å²) in [7, 11) is 0. The third kappa shape index (κ3) is 4.63. The van der Waals surface area contributed by atoms with Crippen LogP contribution >= 0.6 is 0 Å². The van der Waals surface area contributed by atoms with Gasteiger partial charge in [0.1, 0.15) is 11.6 Å². The van der Waals surface area contributed by atoms with Gasteiger partial charge in [-0.1, -0.05) is 11.6 Å². The third-order valence-electron chi connectivity index (χ3n) is 6.59. The monoisotopic (exact) mass is 429 g/mol. The molecule has 0 amide bonds. The fourth-order valence-corrected chi connectivity index (χ4v) is 4.60. The van der Waals surface area contributed by atoms with Gasteiger partial charge in [-0.05, 0) is 87.9 Å². The highest BCUT2D eigenvalue weighted by molar-refractivity contribution is 5.97. The van der Waals surface area contributed by atoms with Crippen LogP contribution in [-0.4, -0.2) is 30.5 Å². The molecule has 3 heterocycles. The molecule has 2 N–H and O–H groups in total. The van der Waals surface area contributed by atoms with Gasteiger partial charge in [0.15, 0.2) is 5.78 Å². The maximum absolute atomic E-state index is 12.1. The zero-order chi connectivity index (χ0) is 22.1. The number of nitrogens with zero attached hydrogens (tertiary/aromatic N) is 1. The highest BCUT2D eigenvalue weighted by atomic mass is 16.5. The second kappa shape index (κ2) is 8.91. The van der Waals surface area contributed by atoms with Gasteiger partial charge in [0.25, 0.3) is 0 Å². The Balaban J connectivity index is 1.41. The first-order valence-electron chi connectivity index (χ1n) is 11.7. The van der Waals surface area contributed by atoms with E-state index in [9.17, 15) is 4.79 Å². The summed E-state index contributed by atoms with van der Waals surface area (Å²) in [5.74, 6) is 2.74. The van der Waals surface area contributed by atoms with E-state index in [1.54, 1.807) is 6.92 Å². The average Bonchev–Trinajstić information content (AvgIpc) is 3.60. The van der Waals surface area contributed by atoms with Crippen LogP contribution in [0.4, 0.5) is 11.5 Å². The van der Waals surface area contributed by atoms with Gasteiger partial charge in [0.2, 0.25) is 0 Å². The summed E-state index contributed by atoms with van der Waals surface area (Å²) >= 11 is 0. The van der Waals surface area contributed by atoms with Crippen molar-refractivity contribution >= 4 is 28.9 Å². The van der Waals surface area contributed by atoms with Crippen LogP contribution in [0.25, 0.3) is 11.6 Å². The SMILES string of the molecule is CC(=O)c1ccc(Nc2ccc3c(c2)OC[C@@H]2C=C3CCCNC2)nc1/C=C(/C)C1CC1. The molecule has 1 aromatic carbocycles. The van der Waals surface area contributed by atoms with Crippen molar-refractivity contribution in [2.75, 3.05) is 25.0 Å². The normalized spacial score (nSPS) is 20.8. The van der Waals surface area contributed by atoms with E-state index in [0.717, 1.165) is 48.9 Å². The van der Waals surface area contributed by atoms with Crippen LogP contribution in [0.15, 0.2) is 42.0 Å². The maximum Gasteiger partial charge on any atom is 0.161 e. The minimum Gasteiger partial charge on any atom is -0.492 e. The minimum atomic E-state index is 0.0399. The Morgan fingerprint density at radius 3 is 2.91 bits per heavy atom. The van der Waals surface area contributed by atoms with Crippen molar-refractivity contribution in [3.63, 3.8) is 0 Å². The number of carbonyl (C=O) groups excluding carboxylic acids is 1. The van der Waals surface area contributed by atoms with E-state index in [1.807, 2.05) is 12.1 Å². The van der Waals surface area contributed by atoms with Crippen molar-refractivity contribution in [2.45, 2.75) is 39.5 Å². The number of hydrogen-bond donors (Lipinski definition) is 2. The molecular weight excluding hydrogens is 398 g/mol. The van der Waals surface area contributed by atoms with E-state index in [1.165, 1.54) is 29.6 Å². The second-order valence-electron chi connectivity index (χ2n) is 9.25. The van der Waals surface area contributed by atoms with Crippen LogP contribution in [0.3, 0.4) is 0 Å². The number of ether oxygens (including phenoxy) is 1. The Morgan fingerprint density at radius 1 is 1.22 bits per heavy atom. The van der Waals surface area contributed by atoms with Crippen LogP contribution in [0.2, 0.25) is 0 Å². The summed E-state index contributed by atoms with van der Waals surface area (Å²) in [6, 6.07) is 10.1. The van der Waals surface area contributed by atoms with Gasteiger partial charge in [-0.25, -0.2) is 4.98 Å². The lowest BCUT2D eigenvalue weighted by atomic mass is 9.95. The van der Waals surface area contributed by atoms with E-state index >= 15 is 0 Å². The summed E-state index contributed by atoms with van der Waals surface area (Å²) in [5.41, 5.74) is 6.24. The first-order valence-corrected chi connectivity index (χ1v) is 11.7. The quantitative estimate of drug-likeness (QED) is 0.604. The molecule has 166 valence electrons. The smallest absolute Gasteiger partial charge is 0.161 e. The fraction of sp³-hybridized carbons (Fsp3) is 0.407. The summed E-state index contributed by atoms with van der Waals surface area (Å²) in [6.45, 7) is 6.45. The van der Waals surface area contributed by atoms with Crippen molar-refractivity contribution in [1.82, 2.24) is 10.3 Å². The number of ketones is 1. The third-order valence-corrected chi connectivity index (χ3v) is 6.59. The van der Waals surface area contributed by atoms with Crippen LogP contribution in [0, 0.1) is 11.8 Å². The van der Waals surface area contributed by atoms with Crippen LogP contribution < -0.4 is 15.4 Å². The molecule has 2 aromatic rings. The maximum atomic E-state index is 12.1. The number of rotatable bonds is 5. The zero-order valence-electron chi connectivity index (χ0n) is 18.9. The van der Waals surface area contributed by atoms with Gasteiger partial charge in [-0.3, -0.25) is 4.79 Å². The highest BCUT2D eigenvalue weighted by Crippen LogP contribution is 2.38. The number of allylic oxidation sites excluding steroid dienone is 2. The number of pyridine rings is 1. The number of aromatic nitrogens is 1. The fourth-order valence-electron chi connectivity index (χ4n) is 4.60. The van der Waals surface area contributed by atoms with Gasteiger partial charge in [0, 0.05) is 35.3 Å². The molecular formula is C27H31N3O2. The molecule has 5 heteroatoms. The summed E-state index contributed by atoms with van der Waals surface area (Å²) < 4.78 is 6.21. The molecule has 2 aliphatic heterocycles. The molecule has 1 fully saturated rings. The van der Waals surface area contributed by atoms with Crippen molar-refractivity contribution in [1.29, 1.82) is 0 Å². The first-order chi connectivity index (χ1) is 15.6. The molecule has 2 bridgehead atoms. The van der Waals surface area contributed by atoms with Crippen molar-refractivity contribution in [2.24, 2.45) is 11.8 Å². The van der Waals surface area contributed by atoms with Crippen molar-refractivity contribution in [3.8, 4) is 5.75 Å². The lowest BCUT2D eigenvalue weighted by molar-refractivity contribution is 0.101. The molecule has 5 nitrogen and oxygen atoms in total. The lowest BCUT2D eigenvalue weighted by Crippen LogP contribution is -2.27. The highest BCUT2D eigenvalue weighted by Gasteiger charge is 2.24. The van der Waals surface area contributed by atoms with Crippen molar-refractivity contribution in [3.05, 3.63) is 58.8 Å². The van der Waals surface area contributed by atoms with Gasteiger partial charge in [-0.15, -0.1) is 0 Å². The molecule has 3 aliphatic rings. The first kappa shape index (κ1) is 21.0. The van der Waals surface area contributed by atoms with E-state index < -0.39 is 0 Å². The summed E-state index contributed by atoms with van der Waals surface area (Å²) in [4.78, 5) is 16.9. The average molecular weight is 430 g/mol. The molecule has 1 aliphatic carbocycles. The number of hydrogen-bond acceptors (Lipinski definition) is 5. The molecule has 0 spiro atoms. The summed E-state index contributed by atoms with van der Waals surface area (Å²) in [5, 5.41) is 6.93. The Morgan fingerprint density at radius 2 is 2.09 bits per heavy atom. The molecule has 0 radical (unpaired) electrons. The standard InChI is InChI=1S/C27H31N3O2/c1-17(20-5-6-20)12-25-23(18(2)31)9-10-27(30-25)29-22-7-8-24-21-4-3-11-28-15-19(13-21)16-32-26(24)14-22/h7-10,12-14,19-20,28H,3-6,11,15-16H2,1-2H3,(H,29,30)/b17-12-/t19-/m1/s1. The number of carbonyl (C=O) groups is 1. The van der Waals surface area contributed by atoms with E-state index in [-0.39, 0.29) is 5.78 Å². The van der Waals surface area contributed by atoms with Crippen LogP contribution in [0.5, 0.6) is 5.75 Å². The number of nitrogens with one attached hydrogen (secondary N) is 2. The minimum absolute atomic E-state index is 0.0399. The zero-order valence-corrected chi connectivity index (χ0v) is 18.9. The van der Waals surface area contributed by atoms with Crippen LogP contribution in [-0.2, 0) is 0 Å². The Kier molecular flexibility index (Phi) is 5.83. The Bertz CT molecular complexity index is 1100. The predicted molar refractivity (Wildman–Crippen MR) is 129 cm³/mol. The number of anilines is 2. The molecule has 5 rings (SSSR count). The van der Waals surface area contributed by atoms with Crippen molar-refractivity contribution < 1.29 is 9.53 Å². The van der Waals surface area contributed by atoms with E-state index in [0.29, 0.717) is 24.0 Å². The number of fused-ring (bicyclic) bond motifs is 3. The topological polar surface area (TPSA) is 63.2 Å².